The Labute approximate surface area is 119 Å². The van der Waals surface area contributed by atoms with E-state index in [1.165, 1.54) is 11.7 Å². The maximum atomic E-state index is 12.2. The third-order valence-electron chi connectivity index (χ3n) is 2.42. The SMILES string of the molecule is COc1ncc(Br)c2ccn(C(=O)OC(C)(C)C)c12. The molecule has 0 N–H and O–H groups in total. The normalized spacial score (nSPS) is 11.6. The quantitative estimate of drug-likeness (QED) is 0.803. The predicted octanol–water partition coefficient (Wildman–Crippen LogP) is 3.59. The average Bonchev–Trinajstić information content (AvgIpc) is 2.73. The summed E-state index contributed by atoms with van der Waals surface area (Å²) in [5.74, 6) is 0.383. The van der Waals surface area contributed by atoms with Crippen molar-refractivity contribution in [2.75, 3.05) is 7.11 Å². The molecule has 0 aliphatic rings. The molecule has 2 rings (SSSR count). The highest BCUT2D eigenvalue weighted by molar-refractivity contribution is 9.10. The van der Waals surface area contributed by atoms with Crippen LogP contribution in [0, 0.1) is 0 Å². The molecule has 0 aliphatic heterocycles. The second kappa shape index (κ2) is 4.85. The van der Waals surface area contributed by atoms with Gasteiger partial charge in [-0.2, -0.15) is 0 Å². The zero-order valence-corrected chi connectivity index (χ0v) is 12.8. The summed E-state index contributed by atoms with van der Waals surface area (Å²) in [6.07, 6.45) is 2.83. The number of halogens is 1. The smallest absolute Gasteiger partial charge is 0.419 e. The Morgan fingerprint density at radius 1 is 1.42 bits per heavy atom. The van der Waals surface area contributed by atoms with Crippen LogP contribution in [0.3, 0.4) is 0 Å². The van der Waals surface area contributed by atoms with Gasteiger partial charge in [-0.3, -0.25) is 0 Å². The van der Waals surface area contributed by atoms with Crippen LogP contribution in [0.2, 0.25) is 0 Å². The van der Waals surface area contributed by atoms with Crippen LogP contribution in [-0.2, 0) is 4.74 Å². The molecule has 0 unspecified atom stereocenters. The largest absolute Gasteiger partial charge is 0.479 e. The molecule has 0 saturated heterocycles. The predicted molar refractivity (Wildman–Crippen MR) is 75.6 cm³/mol. The molecule has 0 aromatic carbocycles. The summed E-state index contributed by atoms with van der Waals surface area (Å²) in [5, 5.41) is 0.845. The van der Waals surface area contributed by atoms with Crippen LogP contribution in [0.4, 0.5) is 4.79 Å². The minimum atomic E-state index is -0.555. The van der Waals surface area contributed by atoms with Crippen LogP contribution in [-0.4, -0.2) is 28.4 Å². The highest BCUT2D eigenvalue weighted by atomic mass is 79.9. The number of ether oxygens (including phenoxy) is 2. The minimum Gasteiger partial charge on any atom is -0.479 e. The molecule has 5 nitrogen and oxygen atoms in total. The molecule has 19 heavy (non-hydrogen) atoms. The van der Waals surface area contributed by atoms with Crippen molar-refractivity contribution in [3.8, 4) is 5.88 Å². The lowest BCUT2D eigenvalue weighted by Crippen LogP contribution is -2.26. The molecule has 102 valence electrons. The molecule has 0 spiro atoms. The molecule has 0 radical (unpaired) electrons. The Kier molecular flexibility index (Phi) is 3.54. The zero-order valence-electron chi connectivity index (χ0n) is 11.2. The van der Waals surface area contributed by atoms with Crippen molar-refractivity contribution in [1.82, 2.24) is 9.55 Å². The lowest BCUT2D eigenvalue weighted by atomic mass is 10.2. The van der Waals surface area contributed by atoms with Crippen LogP contribution in [0.5, 0.6) is 5.88 Å². The number of carbonyl (C=O) groups excluding carboxylic acids is 1. The van der Waals surface area contributed by atoms with E-state index < -0.39 is 11.7 Å². The summed E-state index contributed by atoms with van der Waals surface area (Å²) in [4.78, 5) is 16.3. The number of hydrogen-bond acceptors (Lipinski definition) is 4. The van der Waals surface area contributed by atoms with E-state index in [0.717, 1.165) is 9.86 Å². The Hall–Kier alpha value is -1.56. The fourth-order valence-electron chi connectivity index (χ4n) is 1.70. The Bertz CT molecular complexity index is 629. The molecular weight excluding hydrogens is 312 g/mol. The third kappa shape index (κ3) is 2.73. The summed E-state index contributed by atoms with van der Waals surface area (Å²) < 4.78 is 12.8. The van der Waals surface area contributed by atoms with Crippen molar-refractivity contribution < 1.29 is 14.3 Å². The van der Waals surface area contributed by atoms with Gasteiger partial charge in [-0.25, -0.2) is 14.3 Å². The number of pyridine rings is 1. The maximum Gasteiger partial charge on any atom is 0.419 e. The van der Waals surface area contributed by atoms with E-state index in [0.29, 0.717) is 11.4 Å². The first kappa shape index (κ1) is 13.9. The Morgan fingerprint density at radius 3 is 2.68 bits per heavy atom. The van der Waals surface area contributed by atoms with Gasteiger partial charge in [-0.15, -0.1) is 0 Å². The molecule has 0 saturated carbocycles. The molecule has 2 heterocycles. The van der Waals surface area contributed by atoms with E-state index in [4.69, 9.17) is 9.47 Å². The molecule has 0 atom stereocenters. The molecule has 0 aliphatic carbocycles. The standard InChI is InChI=1S/C13H15BrN2O3/c1-13(2,3)19-12(17)16-6-5-8-9(14)7-15-11(18-4)10(8)16/h5-7H,1-4H3. The maximum absolute atomic E-state index is 12.2. The van der Waals surface area contributed by atoms with Crippen molar-refractivity contribution in [3.63, 3.8) is 0 Å². The van der Waals surface area contributed by atoms with Gasteiger partial charge in [0, 0.05) is 22.3 Å². The first-order valence-corrected chi connectivity index (χ1v) is 6.55. The fourth-order valence-corrected chi connectivity index (χ4v) is 2.12. The monoisotopic (exact) mass is 326 g/mol. The number of hydrogen-bond donors (Lipinski definition) is 0. The summed E-state index contributed by atoms with van der Waals surface area (Å²) in [5.41, 5.74) is 0.0338. The van der Waals surface area contributed by atoms with Gasteiger partial charge < -0.3 is 9.47 Å². The number of carbonyl (C=O) groups is 1. The van der Waals surface area contributed by atoms with Crippen molar-refractivity contribution in [1.29, 1.82) is 0 Å². The summed E-state index contributed by atoms with van der Waals surface area (Å²) in [7, 11) is 1.52. The van der Waals surface area contributed by atoms with Gasteiger partial charge >= 0.3 is 6.09 Å². The molecule has 0 fully saturated rings. The molecule has 6 heteroatoms. The highest BCUT2D eigenvalue weighted by Crippen LogP contribution is 2.30. The second-order valence-corrected chi connectivity index (χ2v) is 5.90. The van der Waals surface area contributed by atoms with E-state index >= 15 is 0 Å². The van der Waals surface area contributed by atoms with E-state index in [2.05, 4.69) is 20.9 Å². The van der Waals surface area contributed by atoms with E-state index in [1.54, 1.807) is 12.4 Å². The molecule has 0 amide bonds. The van der Waals surface area contributed by atoms with Crippen LogP contribution >= 0.6 is 15.9 Å². The average molecular weight is 327 g/mol. The van der Waals surface area contributed by atoms with Crippen LogP contribution in [0.15, 0.2) is 22.9 Å². The van der Waals surface area contributed by atoms with E-state index in [1.807, 2.05) is 26.8 Å². The van der Waals surface area contributed by atoms with Gasteiger partial charge in [0.1, 0.15) is 11.1 Å². The topological polar surface area (TPSA) is 53.4 Å². The van der Waals surface area contributed by atoms with Crippen LogP contribution in [0.1, 0.15) is 20.8 Å². The molecule has 2 aromatic rings. The molecular formula is C13H15BrN2O3. The second-order valence-electron chi connectivity index (χ2n) is 5.04. The van der Waals surface area contributed by atoms with Crippen molar-refractivity contribution in [2.24, 2.45) is 0 Å². The van der Waals surface area contributed by atoms with Gasteiger partial charge in [0.15, 0.2) is 0 Å². The first-order valence-electron chi connectivity index (χ1n) is 5.76. The highest BCUT2D eigenvalue weighted by Gasteiger charge is 2.21. The number of methoxy groups -OCH3 is 1. The van der Waals surface area contributed by atoms with Gasteiger partial charge in [-0.05, 0) is 42.8 Å². The molecule has 2 aromatic heterocycles. The summed E-state index contributed by atoms with van der Waals surface area (Å²) in [6.45, 7) is 5.46. The van der Waals surface area contributed by atoms with Crippen molar-refractivity contribution in [2.45, 2.75) is 26.4 Å². The van der Waals surface area contributed by atoms with Gasteiger partial charge in [0.2, 0.25) is 5.88 Å². The first-order chi connectivity index (χ1) is 8.83. The van der Waals surface area contributed by atoms with Gasteiger partial charge in [0.05, 0.1) is 7.11 Å². The lowest BCUT2D eigenvalue weighted by molar-refractivity contribution is 0.0543. The zero-order chi connectivity index (χ0) is 14.2. The summed E-state index contributed by atoms with van der Waals surface area (Å²) >= 11 is 3.40. The number of aromatic nitrogens is 2. The number of fused-ring (bicyclic) bond motifs is 1. The van der Waals surface area contributed by atoms with Crippen LogP contribution in [0.25, 0.3) is 10.9 Å². The number of nitrogens with zero attached hydrogens (tertiary/aromatic N) is 2. The van der Waals surface area contributed by atoms with E-state index in [-0.39, 0.29) is 0 Å². The van der Waals surface area contributed by atoms with Crippen molar-refractivity contribution in [3.05, 3.63) is 22.9 Å². The lowest BCUT2D eigenvalue weighted by Gasteiger charge is -2.20. The Balaban J connectivity index is 2.56. The van der Waals surface area contributed by atoms with Gasteiger partial charge in [0.25, 0.3) is 0 Å². The summed E-state index contributed by atoms with van der Waals surface area (Å²) in [6, 6.07) is 1.81. The number of rotatable bonds is 1. The minimum absolute atomic E-state index is 0.383. The van der Waals surface area contributed by atoms with Gasteiger partial charge in [-0.1, -0.05) is 0 Å². The molecule has 0 bridgehead atoms. The van der Waals surface area contributed by atoms with Crippen LogP contribution < -0.4 is 4.74 Å². The fraction of sp³-hybridized carbons (Fsp3) is 0.385. The Morgan fingerprint density at radius 2 is 2.11 bits per heavy atom. The van der Waals surface area contributed by atoms with E-state index in [9.17, 15) is 4.79 Å². The third-order valence-corrected chi connectivity index (χ3v) is 3.06. The van der Waals surface area contributed by atoms with Crippen molar-refractivity contribution >= 4 is 32.9 Å².